The first-order valence-corrected chi connectivity index (χ1v) is 7.04. The fraction of sp³-hybridized carbons (Fsp3) is 0.533. The minimum Gasteiger partial charge on any atom is -0.465 e. The maximum Gasteiger partial charge on any atom is 0.407 e. The normalized spacial score (nSPS) is 18.6. The molecule has 1 amide bonds. The highest BCUT2D eigenvalue weighted by molar-refractivity contribution is 5.65. The number of hydrogen-bond acceptors (Lipinski definition) is 2. The second kappa shape index (κ2) is 5.97. The second-order valence-corrected chi connectivity index (χ2v) is 5.58. The first-order valence-electron chi connectivity index (χ1n) is 7.04. The Labute approximate surface area is 122 Å². The van der Waals surface area contributed by atoms with Crippen LogP contribution in [0.3, 0.4) is 0 Å². The number of likely N-dealkylation sites (tertiary alicyclic amines) is 1. The predicted molar refractivity (Wildman–Crippen MR) is 75.3 cm³/mol. The van der Waals surface area contributed by atoms with Crippen molar-refractivity contribution in [3.05, 3.63) is 35.4 Å². The van der Waals surface area contributed by atoms with Crippen molar-refractivity contribution in [2.45, 2.75) is 31.7 Å². The van der Waals surface area contributed by atoms with Crippen LogP contribution in [-0.4, -0.2) is 29.2 Å². The second-order valence-electron chi connectivity index (χ2n) is 5.58. The van der Waals surface area contributed by atoms with E-state index in [2.05, 4.69) is 0 Å². The molecular weight excluding hydrogens is 278 g/mol. The third-order valence-electron chi connectivity index (χ3n) is 4.08. The van der Waals surface area contributed by atoms with E-state index >= 15 is 0 Å². The molecule has 0 aliphatic carbocycles. The molecule has 1 aliphatic heterocycles. The molecule has 2 rings (SSSR count). The molecule has 6 heteroatoms. The molecule has 0 aromatic heterocycles. The Morgan fingerprint density at radius 3 is 2.57 bits per heavy atom. The molecular formula is C15H20F2N2O2. The van der Waals surface area contributed by atoms with Crippen molar-refractivity contribution >= 4 is 6.09 Å². The zero-order chi connectivity index (χ0) is 15.6. The van der Waals surface area contributed by atoms with Gasteiger partial charge in [0, 0.05) is 30.6 Å². The number of carboxylic acid groups (broad SMARTS) is 1. The molecule has 4 nitrogen and oxygen atoms in total. The maximum absolute atomic E-state index is 14.6. The third-order valence-corrected chi connectivity index (χ3v) is 4.08. The van der Waals surface area contributed by atoms with E-state index in [1.54, 1.807) is 19.1 Å². The van der Waals surface area contributed by atoms with Gasteiger partial charge >= 0.3 is 6.09 Å². The molecule has 1 aromatic rings. The van der Waals surface area contributed by atoms with Gasteiger partial charge in [0.15, 0.2) is 0 Å². The standard InChI is InChI=1S/C15H20F2N2O2/c1-10(18)11-3-2-4-13(9-11)15(16,17)12-5-7-19(8-6-12)14(20)21/h2-4,9-10,12H,5-8,18H2,1H3,(H,20,21)/t10-/m1/s1. The Balaban J connectivity index is 2.15. The summed E-state index contributed by atoms with van der Waals surface area (Å²) in [5.74, 6) is -3.80. The van der Waals surface area contributed by atoms with E-state index in [1.165, 1.54) is 17.0 Å². The van der Waals surface area contributed by atoms with Crippen molar-refractivity contribution in [1.29, 1.82) is 0 Å². The average Bonchev–Trinajstić information content (AvgIpc) is 2.47. The topological polar surface area (TPSA) is 66.6 Å². The van der Waals surface area contributed by atoms with Crippen molar-refractivity contribution in [2.24, 2.45) is 11.7 Å². The van der Waals surface area contributed by atoms with Crippen LogP contribution >= 0.6 is 0 Å². The van der Waals surface area contributed by atoms with E-state index in [4.69, 9.17) is 10.8 Å². The number of hydrogen-bond donors (Lipinski definition) is 2. The van der Waals surface area contributed by atoms with Crippen LogP contribution in [-0.2, 0) is 5.92 Å². The quantitative estimate of drug-likeness (QED) is 0.900. The van der Waals surface area contributed by atoms with Gasteiger partial charge in [0.1, 0.15) is 0 Å². The first kappa shape index (κ1) is 15.7. The number of nitrogens with zero attached hydrogens (tertiary/aromatic N) is 1. The van der Waals surface area contributed by atoms with Crippen LogP contribution in [0.1, 0.15) is 36.9 Å². The lowest BCUT2D eigenvalue weighted by Crippen LogP contribution is -2.41. The van der Waals surface area contributed by atoms with E-state index in [0.29, 0.717) is 5.56 Å². The minimum absolute atomic E-state index is 0.0360. The summed E-state index contributed by atoms with van der Waals surface area (Å²) in [4.78, 5) is 12.0. The molecule has 1 heterocycles. The van der Waals surface area contributed by atoms with E-state index < -0.39 is 17.9 Å². The molecule has 21 heavy (non-hydrogen) atoms. The molecule has 1 saturated heterocycles. The molecule has 0 spiro atoms. The molecule has 0 unspecified atom stereocenters. The summed E-state index contributed by atoms with van der Waals surface area (Å²) in [6.45, 7) is 2.06. The lowest BCUT2D eigenvalue weighted by Gasteiger charge is -2.35. The van der Waals surface area contributed by atoms with Crippen LogP contribution in [0.2, 0.25) is 0 Å². The Morgan fingerprint density at radius 1 is 1.43 bits per heavy atom. The Hall–Kier alpha value is -1.69. The number of amides is 1. The van der Waals surface area contributed by atoms with Crippen molar-refractivity contribution in [3.8, 4) is 0 Å². The zero-order valence-corrected chi connectivity index (χ0v) is 11.9. The number of rotatable bonds is 3. The van der Waals surface area contributed by atoms with Gasteiger partial charge in [0.05, 0.1) is 0 Å². The number of nitrogens with two attached hydrogens (primary N) is 1. The Morgan fingerprint density at radius 2 is 2.05 bits per heavy atom. The largest absolute Gasteiger partial charge is 0.465 e. The average molecular weight is 298 g/mol. The van der Waals surface area contributed by atoms with Crippen LogP contribution in [0.5, 0.6) is 0 Å². The summed E-state index contributed by atoms with van der Waals surface area (Å²) < 4.78 is 29.2. The lowest BCUT2D eigenvalue weighted by molar-refractivity contribution is -0.0836. The van der Waals surface area contributed by atoms with Crippen molar-refractivity contribution in [2.75, 3.05) is 13.1 Å². The van der Waals surface area contributed by atoms with Crippen molar-refractivity contribution in [3.63, 3.8) is 0 Å². The number of carbonyl (C=O) groups is 1. The highest BCUT2D eigenvalue weighted by Gasteiger charge is 2.43. The summed E-state index contributed by atoms with van der Waals surface area (Å²) in [6.07, 6.45) is -0.709. The zero-order valence-electron chi connectivity index (χ0n) is 11.9. The van der Waals surface area contributed by atoms with E-state index in [-0.39, 0.29) is 37.5 Å². The fourth-order valence-electron chi connectivity index (χ4n) is 2.70. The van der Waals surface area contributed by atoms with Gasteiger partial charge in [-0.25, -0.2) is 13.6 Å². The first-order chi connectivity index (χ1) is 9.82. The number of benzene rings is 1. The van der Waals surface area contributed by atoms with Gasteiger partial charge in [0.25, 0.3) is 5.92 Å². The van der Waals surface area contributed by atoms with Crippen LogP contribution in [0.4, 0.5) is 13.6 Å². The van der Waals surface area contributed by atoms with Crippen LogP contribution in [0, 0.1) is 5.92 Å². The van der Waals surface area contributed by atoms with Gasteiger partial charge in [-0.15, -0.1) is 0 Å². The lowest BCUT2D eigenvalue weighted by atomic mass is 9.86. The monoisotopic (exact) mass is 298 g/mol. The number of alkyl halides is 2. The van der Waals surface area contributed by atoms with Gasteiger partial charge in [-0.1, -0.05) is 18.2 Å². The minimum atomic E-state index is -2.96. The molecule has 0 saturated carbocycles. The Kier molecular flexibility index (Phi) is 4.46. The van der Waals surface area contributed by atoms with Gasteiger partial charge in [-0.05, 0) is 31.4 Å². The van der Waals surface area contributed by atoms with Gasteiger partial charge in [-0.3, -0.25) is 0 Å². The molecule has 116 valence electrons. The van der Waals surface area contributed by atoms with Crippen LogP contribution in [0.25, 0.3) is 0 Å². The molecule has 1 aliphatic rings. The van der Waals surface area contributed by atoms with Gasteiger partial charge in [-0.2, -0.15) is 0 Å². The third kappa shape index (κ3) is 3.32. The molecule has 0 bridgehead atoms. The molecule has 3 N–H and O–H groups in total. The van der Waals surface area contributed by atoms with Gasteiger partial charge in [0.2, 0.25) is 0 Å². The van der Waals surface area contributed by atoms with E-state index in [9.17, 15) is 13.6 Å². The van der Waals surface area contributed by atoms with E-state index in [0.717, 1.165) is 0 Å². The summed E-state index contributed by atoms with van der Waals surface area (Å²) in [5.41, 5.74) is 6.38. The highest BCUT2D eigenvalue weighted by Crippen LogP contribution is 2.41. The predicted octanol–water partition coefficient (Wildman–Crippen LogP) is 3.19. The summed E-state index contributed by atoms with van der Waals surface area (Å²) in [6, 6.07) is 5.89. The fourth-order valence-corrected chi connectivity index (χ4v) is 2.70. The molecule has 1 fully saturated rings. The van der Waals surface area contributed by atoms with E-state index in [1.807, 2.05) is 0 Å². The smallest absolute Gasteiger partial charge is 0.407 e. The van der Waals surface area contributed by atoms with Crippen LogP contribution in [0.15, 0.2) is 24.3 Å². The molecule has 1 aromatic carbocycles. The number of halogens is 2. The highest BCUT2D eigenvalue weighted by atomic mass is 19.3. The maximum atomic E-state index is 14.6. The molecule has 1 atom stereocenters. The van der Waals surface area contributed by atoms with Crippen LogP contribution < -0.4 is 5.73 Å². The summed E-state index contributed by atoms with van der Waals surface area (Å²) in [7, 11) is 0. The van der Waals surface area contributed by atoms with Gasteiger partial charge < -0.3 is 15.7 Å². The summed E-state index contributed by atoms with van der Waals surface area (Å²) in [5, 5.41) is 8.87. The Bertz CT molecular complexity index is 512. The SMILES string of the molecule is C[C@@H](N)c1cccc(C(F)(F)C2CCN(C(=O)O)CC2)c1. The molecule has 0 radical (unpaired) electrons. The van der Waals surface area contributed by atoms with Crippen molar-refractivity contribution < 1.29 is 18.7 Å². The number of piperidine rings is 1. The summed E-state index contributed by atoms with van der Waals surface area (Å²) >= 11 is 0. The van der Waals surface area contributed by atoms with Crippen molar-refractivity contribution in [1.82, 2.24) is 4.90 Å².